The second-order valence-corrected chi connectivity index (χ2v) is 6.58. The Bertz CT molecular complexity index is 764. The van der Waals surface area contributed by atoms with Crippen molar-refractivity contribution in [3.63, 3.8) is 0 Å². The van der Waals surface area contributed by atoms with E-state index in [4.69, 9.17) is 14.4 Å². The number of unbranched alkanes of at least 4 members (excludes halogenated alkanes) is 1. The van der Waals surface area contributed by atoms with Crippen LogP contribution in [0, 0.1) is 0 Å². The van der Waals surface area contributed by atoms with E-state index in [-0.39, 0.29) is 36.4 Å². The quantitative estimate of drug-likeness (QED) is 0.734. The Balaban J connectivity index is 1.83. The van der Waals surface area contributed by atoms with Crippen molar-refractivity contribution in [2.75, 3.05) is 26.8 Å². The first-order chi connectivity index (χ1) is 12.9. The zero-order valence-corrected chi connectivity index (χ0v) is 15.0. The molecule has 148 valence electrons. The maximum atomic E-state index is 13.4. The van der Waals surface area contributed by atoms with Gasteiger partial charge in [0.2, 0.25) is 11.7 Å². The number of rotatable bonds is 7. The topological polar surface area (TPSA) is 71.6 Å². The molecule has 0 amide bonds. The normalized spacial score (nSPS) is 18.2. The Hall–Kier alpha value is -2.13. The number of likely N-dealkylation sites (tertiary alicyclic amines) is 1. The molecule has 0 spiro atoms. The first-order valence-electron chi connectivity index (χ1n) is 8.89. The summed E-state index contributed by atoms with van der Waals surface area (Å²) >= 11 is 0. The van der Waals surface area contributed by atoms with E-state index in [1.165, 1.54) is 12.1 Å². The zero-order valence-electron chi connectivity index (χ0n) is 15.0. The van der Waals surface area contributed by atoms with Crippen molar-refractivity contribution in [1.82, 2.24) is 15.0 Å². The summed E-state index contributed by atoms with van der Waals surface area (Å²) in [6, 6.07) is 3.75. The molecule has 1 aromatic heterocycles. The molecule has 27 heavy (non-hydrogen) atoms. The Morgan fingerprint density at radius 1 is 1.33 bits per heavy atom. The largest absolute Gasteiger partial charge is 0.493 e. The molecule has 0 bridgehead atoms. The number of hydrogen-bond acceptors (Lipinski definition) is 6. The summed E-state index contributed by atoms with van der Waals surface area (Å²) in [5, 5.41) is 12.6. The smallest absolute Gasteiger partial charge is 0.419 e. The standard InChI is InChI=1S/C18H22F3N3O3/c1-24-8-4-5-14(24)17-22-16(23-27-17)12-6-7-15(26-10-3-2-9-25)13(11-12)18(19,20)21/h6-7,11,14,25H,2-5,8-10H2,1H3. The molecule has 0 aliphatic carbocycles. The molecule has 1 saturated heterocycles. The van der Waals surface area contributed by atoms with Crippen LogP contribution in [-0.2, 0) is 6.18 Å². The minimum atomic E-state index is -4.57. The van der Waals surface area contributed by atoms with Gasteiger partial charge in [-0.15, -0.1) is 0 Å². The van der Waals surface area contributed by atoms with E-state index in [2.05, 4.69) is 15.0 Å². The molecule has 1 aromatic carbocycles. The van der Waals surface area contributed by atoms with Crippen molar-refractivity contribution in [2.24, 2.45) is 0 Å². The van der Waals surface area contributed by atoms with E-state index in [0.29, 0.717) is 18.7 Å². The predicted molar refractivity (Wildman–Crippen MR) is 91.2 cm³/mol. The summed E-state index contributed by atoms with van der Waals surface area (Å²) in [6.07, 6.45) is -1.73. The summed E-state index contributed by atoms with van der Waals surface area (Å²) in [5.41, 5.74) is -0.658. The highest BCUT2D eigenvalue weighted by molar-refractivity contribution is 5.59. The van der Waals surface area contributed by atoms with Crippen molar-refractivity contribution in [2.45, 2.75) is 37.9 Å². The molecule has 0 saturated carbocycles. The van der Waals surface area contributed by atoms with E-state index in [1.807, 2.05) is 7.05 Å². The lowest BCUT2D eigenvalue weighted by Crippen LogP contribution is -2.17. The van der Waals surface area contributed by atoms with Gasteiger partial charge in [0.05, 0.1) is 18.2 Å². The SMILES string of the molecule is CN1CCCC1c1nc(-c2ccc(OCCCCO)c(C(F)(F)F)c2)no1. The van der Waals surface area contributed by atoms with Crippen LogP contribution in [0.25, 0.3) is 11.4 Å². The van der Waals surface area contributed by atoms with Gasteiger partial charge >= 0.3 is 6.18 Å². The fourth-order valence-corrected chi connectivity index (χ4v) is 3.12. The van der Waals surface area contributed by atoms with Crippen LogP contribution < -0.4 is 4.74 Å². The van der Waals surface area contributed by atoms with Crippen molar-refractivity contribution < 1.29 is 27.5 Å². The van der Waals surface area contributed by atoms with E-state index >= 15 is 0 Å². The Labute approximate surface area is 154 Å². The molecule has 6 nitrogen and oxygen atoms in total. The Morgan fingerprint density at radius 3 is 2.81 bits per heavy atom. The molecular weight excluding hydrogens is 363 g/mol. The average molecular weight is 385 g/mol. The number of halogens is 3. The van der Waals surface area contributed by atoms with Gasteiger partial charge in [-0.1, -0.05) is 5.16 Å². The van der Waals surface area contributed by atoms with Crippen molar-refractivity contribution in [3.05, 3.63) is 29.7 Å². The molecule has 3 rings (SSSR count). The first-order valence-corrected chi connectivity index (χ1v) is 8.89. The van der Waals surface area contributed by atoms with Gasteiger partial charge in [0.1, 0.15) is 5.75 Å². The van der Waals surface area contributed by atoms with Crippen LogP contribution in [0.4, 0.5) is 13.2 Å². The lowest BCUT2D eigenvalue weighted by atomic mass is 10.1. The van der Waals surface area contributed by atoms with E-state index in [1.54, 1.807) is 0 Å². The van der Waals surface area contributed by atoms with Gasteiger partial charge in [0, 0.05) is 12.2 Å². The maximum Gasteiger partial charge on any atom is 0.419 e. The molecule has 1 aliphatic heterocycles. The van der Waals surface area contributed by atoms with E-state index < -0.39 is 11.7 Å². The number of ether oxygens (including phenoxy) is 1. The van der Waals surface area contributed by atoms with Gasteiger partial charge in [-0.2, -0.15) is 18.2 Å². The van der Waals surface area contributed by atoms with Gasteiger partial charge in [-0.3, -0.25) is 4.90 Å². The second kappa shape index (κ2) is 8.26. The van der Waals surface area contributed by atoms with E-state index in [9.17, 15) is 13.2 Å². The molecule has 1 N–H and O–H groups in total. The molecule has 1 fully saturated rings. The highest BCUT2D eigenvalue weighted by Crippen LogP contribution is 2.39. The van der Waals surface area contributed by atoms with Crippen LogP contribution in [0.5, 0.6) is 5.75 Å². The van der Waals surface area contributed by atoms with Crippen LogP contribution in [-0.4, -0.2) is 47.0 Å². The summed E-state index contributed by atoms with van der Waals surface area (Å²) in [7, 11) is 1.95. The van der Waals surface area contributed by atoms with Gasteiger partial charge in [0.15, 0.2) is 0 Å². The lowest BCUT2D eigenvalue weighted by Gasteiger charge is -2.15. The first kappa shape index (κ1) is 19.6. The number of nitrogens with zero attached hydrogens (tertiary/aromatic N) is 3. The predicted octanol–water partition coefficient (Wildman–Crippen LogP) is 3.67. The van der Waals surface area contributed by atoms with Crippen LogP contribution in [0.15, 0.2) is 22.7 Å². The number of aromatic nitrogens is 2. The molecule has 2 heterocycles. The Kier molecular flexibility index (Phi) is 6.01. The second-order valence-electron chi connectivity index (χ2n) is 6.58. The third-order valence-electron chi connectivity index (χ3n) is 4.60. The highest BCUT2D eigenvalue weighted by Gasteiger charge is 2.35. The number of hydrogen-bond donors (Lipinski definition) is 1. The van der Waals surface area contributed by atoms with Gasteiger partial charge in [0.25, 0.3) is 0 Å². The van der Waals surface area contributed by atoms with Crippen LogP contribution in [0.3, 0.4) is 0 Å². The summed E-state index contributed by atoms with van der Waals surface area (Å²) in [4.78, 5) is 6.38. The molecular formula is C18H22F3N3O3. The Morgan fingerprint density at radius 2 is 2.15 bits per heavy atom. The van der Waals surface area contributed by atoms with Crippen LogP contribution in [0.1, 0.15) is 43.2 Å². The fraction of sp³-hybridized carbons (Fsp3) is 0.556. The summed E-state index contributed by atoms with van der Waals surface area (Å²) in [5.74, 6) is 0.300. The number of aliphatic hydroxyl groups excluding tert-OH is 1. The van der Waals surface area contributed by atoms with Crippen molar-refractivity contribution in [3.8, 4) is 17.1 Å². The molecule has 2 aromatic rings. The number of benzene rings is 1. The maximum absolute atomic E-state index is 13.4. The monoisotopic (exact) mass is 385 g/mol. The molecule has 1 atom stereocenters. The molecule has 9 heteroatoms. The highest BCUT2D eigenvalue weighted by atomic mass is 19.4. The van der Waals surface area contributed by atoms with Gasteiger partial charge in [-0.05, 0) is 57.5 Å². The fourth-order valence-electron chi connectivity index (χ4n) is 3.12. The number of alkyl halides is 3. The third kappa shape index (κ3) is 4.59. The summed E-state index contributed by atoms with van der Waals surface area (Å²) in [6.45, 7) is 0.997. The zero-order chi connectivity index (χ0) is 19.4. The lowest BCUT2D eigenvalue weighted by molar-refractivity contribution is -0.138. The average Bonchev–Trinajstić information content (AvgIpc) is 3.26. The number of aliphatic hydroxyl groups is 1. The van der Waals surface area contributed by atoms with Crippen LogP contribution in [0.2, 0.25) is 0 Å². The molecule has 1 aliphatic rings. The third-order valence-corrected chi connectivity index (χ3v) is 4.60. The molecule has 0 radical (unpaired) electrons. The van der Waals surface area contributed by atoms with Crippen molar-refractivity contribution in [1.29, 1.82) is 0 Å². The van der Waals surface area contributed by atoms with Gasteiger partial charge in [-0.25, -0.2) is 0 Å². The van der Waals surface area contributed by atoms with Gasteiger partial charge < -0.3 is 14.4 Å². The summed E-state index contributed by atoms with van der Waals surface area (Å²) < 4.78 is 50.8. The van der Waals surface area contributed by atoms with Crippen molar-refractivity contribution >= 4 is 0 Å². The molecule has 1 unspecified atom stereocenters. The minimum Gasteiger partial charge on any atom is -0.493 e. The van der Waals surface area contributed by atoms with Crippen LogP contribution >= 0.6 is 0 Å². The van der Waals surface area contributed by atoms with E-state index in [0.717, 1.165) is 25.5 Å². The minimum absolute atomic E-state index is 0.00229.